The largest absolute Gasteiger partial charge is 0.356 e. The van der Waals surface area contributed by atoms with Crippen LogP contribution in [0.2, 0.25) is 0 Å². The zero-order valence-corrected chi connectivity index (χ0v) is 7.35. The monoisotopic (exact) mass is 180 g/mol. The number of hydrogen-bond donors (Lipinski definition) is 0. The van der Waals surface area contributed by atoms with Crippen molar-refractivity contribution < 1.29 is 9.53 Å². The summed E-state index contributed by atoms with van der Waals surface area (Å²) in [6.07, 6.45) is 5.59. The molecule has 13 heavy (non-hydrogen) atoms. The summed E-state index contributed by atoms with van der Waals surface area (Å²) < 4.78 is 7.17. The topological polar surface area (TPSA) is 44.1 Å². The van der Waals surface area contributed by atoms with Crippen molar-refractivity contribution in [2.75, 3.05) is 6.61 Å². The average molecular weight is 180 g/mol. The number of ether oxygens (including phenoxy) is 1. The molecule has 1 atom stereocenters. The number of carbonyl (C=O) groups excluding carboxylic acids is 1. The number of nitrogens with zero attached hydrogens (tertiary/aromatic N) is 2. The van der Waals surface area contributed by atoms with Gasteiger partial charge in [0, 0.05) is 12.8 Å². The molecule has 1 saturated heterocycles. The summed E-state index contributed by atoms with van der Waals surface area (Å²) in [5, 5.41) is 4.07. The third-order valence-electron chi connectivity index (χ3n) is 2.25. The van der Waals surface area contributed by atoms with Gasteiger partial charge in [-0.15, -0.1) is 0 Å². The van der Waals surface area contributed by atoms with Gasteiger partial charge in [-0.1, -0.05) is 0 Å². The van der Waals surface area contributed by atoms with Crippen molar-refractivity contribution in [3.8, 4) is 0 Å². The van der Waals surface area contributed by atoms with E-state index in [1.54, 1.807) is 16.9 Å². The number of aldehydes is 1. The lowest BCUT2D eigenvalue weighted by Crippen LogP contribution is -2.20. The lowest BCUT2D eigenvalue weighted by atomic mass is 10.2. The fourth-order valence-corrected chi connectivity index (χ4v) is 1.58. The van der Waals surface area contributed by atoms with E-state index in [-0.39, 0.29) is 6.23 Å². The van der Waals surface area contributed by atoms with Crippen LogP contribution in [0.1, 0.15) is 36.0 Å². The molecule has 0 aliphatic carbocycles. The Bertz CT molecular complexity index is 290. The minimum Gasteiger partial charge on any atom is -0.356 e. The molecule has 4 heteroatoms. The van der Waals surface area contributed by atoms with Crippen LogP contribution in [-0.4, -0.2) is 22.7 Å². The first-order valence-electron chi connectivity index (χ1n) is 4.52. The third-order valence-corrected chi connectivity index (χ3v) is 2.25. The van der Waals surface area contributed by atoms with Gasteiger partial charge in [0.05, 0.1) is 0 Å². The summed E-state index contributed by atoms with van der Waals surface area (Å²) in [4.78, 5) is 10.6. The molecular weight excluding hydrogens is 168 g/mol. The molecule has 0 amide bonds. The Kier molecular flexibility index (Phi) is 2.40. The Morgan fingerprint density at radius 3 is 3.23 bits per heavy atom. The highest BCUT2D eigenvalue weighted by Gasteiger charge is 2.17. The zero-order valence-electron chi connectivity index (χ0n) is 7.35. The van der Waals surface area contributed by atoms with Gasteiger partial charge in [-0.25, -0.2) is 4.68 Å². The zero-order chi connectivity index (χ0) is 9.10. The second-order valence-electron chi connectivity index (χ2n) is 3.14. The van der Waals surface area contributed by atoms with Crippen LogP contribution in [0.15, 0.2) is 12.3 Å². The summed E-state index contributed by atoms with van der Waals surface area (Å²) in [6, 6.07) is 1.70. The van der Waals surface area contributed by atoms with E-state index in [1.807, 2.05) is 0 Å². The second-order valence-corrected chi connectivity index (χ2v) is 3.14. The van der Waals surface area contributed by atoms with Crippen LogP contribution in [0.5, 0.6) is 0 Å². The van der Waals surface area contributed by atoms with Crippen molar-refractivity contribution in [1.82, 2.24) is 9.78 Å². The second kappa shape index (κ2) is 3.70. The maximum Gasteiger partial charge on any atom is 0.168 e. The van der Waals surface area contributed by atoms with Gasteiger partial charge in [0.25, 0.3) is 0 Å². The number of carbonyl (C=O) groups is 1. The van der Waals surface area contributed by atoms with Gasteiger partial charge in [0.1, 0.15) is 5.69 Å². The third kappa shape index (κ3) is 1.62. The predicted octanol–water partition coefficient (Wildman–Crippen LogP) is 1.39. The molecule has 1 aliphatic heterocycles. The van der Waals surface area contributed by atoms with Gasteiger partial charge in [-0.05, 0) is 25.3 Å². The van der Waals surface area contributed by atoms with Crippen LogP contribution in [-0.2, 0) is 4.74 Å². The van der Waals surface area contributed by atoms with Crippen molar-refractivity contribution in [2.45, 2.75) is 25.5 Å². The lowest BCUT2D eigenvalue weighted by Gasteiger charge is -2.23. The minimum atomic E-state index is -0.0380. The standard InChI is InChI=1S/C9H12N2O2/c12-7-8-4-5-10-11(8)9-3-1-2-6-13-9/h4-5,7,9H,1-3,6H2/t9-/m1/s1. The molecule has 2 rings (SSSR count). The Balaban J connectivity index is 2.17. The van der Waals surface area contributed by atoms with E-state index in [4.69, 9.17) is 4.74 Å². The molecule has 1 fully saturated rings. The quantitative estimate of drug-likeness (QED) is 0.646. The van der Waals surface area contributed by atoms with Crippen LogP contribution < -0.4 is 0 Å². The highest BCUT2D eigenvalue weighted by atomic mass is 16.5. The van der Waals surface area contributed by atoms with Crippen molar-refractivity contribution in [3.63, 3.8) is 0 Å². The van der Waals surface area contributed by atoms with E-state index >= 15 is 0 Å². The molecule has 0 saturated carbocycles. The van der Waals surface area contributed by atoms with Crippen molar-refractivity contribution >= 4 is 6.29 Å². The van der Waals surface area contributed by atoms with Crippen LogP contribution in [0.25, 0.3) is 0 Å². The van der Waals surface area contributed by atoms with Crippen molar-refractivity contribution in [3.05, 3.63) is 18.0 Å². The van der Waals surface area contributed by atoms with Crippen LogP contribution in [0.3, 0.4) is 0 Å². The first kappa shape index (κ1) is 8.44. The Morgan fingerprint density at radius 1 is 1.62 bits per heavy atom. The lowest BCUT2D eigenvalue weighted by molar-refractivity contribution is -0.0402. The average Bonchev–Trinajstić information content (AvgIpc) is 2.67. The molecule has 2 heterocycles. The minimum absolute atomic E-state index is 0.0380. The predicted molar refractivity (Wildman–Crippen MR) is 46.5 cm³/mol. The van der Waals surface area contributed by atoms with E-state index in [0.29, 0.717) is 5.69 Å². The number of hydrogen-bond acceptors (Lipinski definition) is 3. The summed E-state index contributed by atoms with van der Waals surface area (Å²) in [7, 11) is 0. The molecule has 70 valence electrons. The van der Waals surface area contributed by atoms with Crippen molar-refractivity contribution in [1.29, 1.82) is 0 Å². The first-order chi connectivity index (χ1) is 6.42. The van der Waals surface area contributed by atoms with Gasteiger partial charge in [0.15, 0.2) is 12.5 Å². The molecule has 0 radical (unpaired) electrons. The van der Waals surface area contributed by atoms with E-state index < -0.39 is 0 Å². The summed E-state index contributed by atoms with van der Waals surface area (Å²) >= 11 is 0. The molecular formula is C9H12N2O2. The molecule has 4 nitrogen and oxygen atoms in total. The number of rotatable bonds is 2. The Labute approximate surface area is 76.5 Å². The highest BCUT2D eigenvalue weighted by molar-refractivity contribution is 5.71. The summed E-state index contributed by atoms with van der Waals surface area (Å²) in [5.74, 6) is 0. The van der Waals surface area contributed by atoms with Crippen LogP contribution in [0, 0.1) is 0 Å². The molecule has 1 aliphatic rings. The van der Waals surface area contributed by atoms with E-state index in [2.05, 4.69) is 5.10 Å². The molecule has 0 unspecified atom stereocenters. The van der Waals surface area contributed by atoms with Crippen LogP contribution in [0.4, 0.5) is 0 Å². The first-order valence-corrected chi connectivity index (χ1v) is 4.52. The Hall–Kier alpha value is -1.16. The maximum atomic E-state index is 10.6. The molecule has 0 spiro atoms. The summed E-state index contributed by atoms with van der Waals surface area (Å²) in [5.41, 5.74) is 0.590. The molecule has 0 aromatic carbocycles. The van der Waals surface area contributed by atoms with E-state index in [0.717, 1.165) is 32.2 Å². The molecule has 0 bridgehead atoms. The van der Waals surface area contributed by atoms with E-state index in [9.17, 15) is 4.79 Å². The maximum absolute atomic E-state index is 10.6. The molecule has 1 aromatic rings. The van der Waals surface area contributed by atoms with Crippen LogP contribution >= 0.6 is 0 Å². The fraction of sp³-hybridized carbons (Fsp3) is 0.556. The van der Waals surface area contributed by atoms with Gasteiger partial charge in [0.2, 0.25) is 0 Å². The smallest absolute Gasteiger partial charge is 0.168 e. The van der Waals surface area contributed by atoms with Gasteiger partial charge >= 0.3 is 0 Å². The normalized spacial score (nSPS) is 22.9. The SMILES string of the molecule is O=Cc1ccnn1[C@H]1CCCCO1. The molecule has 0 N–H and O–H groups in total. The number of aromatic nitrogens is 2. The Morgan fingerprint density at radius 2 is 2.54 bits per heavy atom. The van der Waals surface area contributed by atoms with Gasteiger partial charge in [-0.3, -0.25) is 4.79 Å². The van der Waals surface area contributed by atoms with Crippen molar-refractivity contribution in [2.24, 2.45) is 0 Å². The summed E-state index contributed by atoms with van der Waals surface area (Å²) in [6.45, 7) is 0.767. The van der Waals surface area contributed by atoms with Gasteiger partial charge in [-0.2, -0.15) is 5.10 Å². The molecule has 1 aromatic heterocycles. The highest BCUT2D eigenvalue weighted by Crippen LogP contribution is 2.22. The van der Waals surface area contributed by atoms with E-state index in [1.165, 1.54) is 0 Å². The fourth-order valence-electron chi connectivity index (χ4n) is 1.58. The van der Waals surface area contributed by atoms with Gasteiger partial charge < -0.3 is 4.74 Å².